The van der Waals surface area contributed by atoms with Gasteiger partial charge in [0.1, 0.15) is 23.5 Å². The number of benzene rings is 1. The number of ether oxygens (including phenoxy) is 1. The van der Waals surface area contributed by atoms with Crippen LogP contribution < -0.4 is 15.4 Å². The summed E-state index contributed by atoms with van der Waals surface area (Å²) < 4.78 is 7.78. The maximum Gasteiger partial charge on any atom is 0.322 e. The monoisotopic (exact) mass is 419 g/mol. The molecule has 0 aliphatic carbocycles. The van der Waals surface area contributed by atoms with Crippen molar-refractivity contribution in [1.82, 2.24) is 24.9 Å². The lowest BCUT2D eigenvalue weighted by Crippen LogP contribution is -2.55. The zero-order chi connectivity index (χ0) is 21.4. The molecule has 31 heavy (non-hydrogen) atoms. The molecule has 2 aliphatic heterocycles. The molecular formula is C22H21N5O4. The number of hydrogen-bond donors (Lipinski definition) is 2. The number of imide groups is 1. The fourth-order valence-electron chi connectivity index (χ4n) is 4.09. The van der Waals surface area contributed by atoms with Gasteiger partial charge in [0.2, 0.25) is 0 Å². The molecule has 0 unspecified atom stereocenters. The van der Waals surface area contributed by atoms with Gasteiger partial charge in [-0.05, 0) is 43.2 Å². The molecule has 9 nitrogen and oxygen atoms in total. The number of aromatic nitrogens is 2. The molecule has 158 valence electrons. The minimum atomic E-state index is -0.896. The third kappa shape index (κ3) is 3.58. The molecule has 3 aromatic rings. The average molecular weight is 419 g/mol. The zero-order valence-electron chi connectivity index (χ0n) is 16.7. The Balaban J connectivity index is 1.23. The van der Waals surface area contributed by atoms with Gasteiger partial charge in [0, 0.05) is 31.0 Å². The SMILES string of the molecule is O=C1NC(=O)C2(CCN(C(=O)c3cccc(OCc4cn5ccccc5n4)c3)CC2)N1. The van der Waals surface area contributed by atoms with Gasteiger partial charge in [-0.15, -0.1) is 0 Å². The number of nitrogens with zero attached hydrogens (tertiary/aromatic N) is 3. The van der Waals surface area contributed by atoms with Crippen LogP contribution in [0.3, 0.4) is 0 Å². The van der Waals surface area contributed by atoms with E-state index in [-0.39, 0.29) is 11.8 Å². The second-order valence-corrected chi connectivity index (χ2v) is 7.80. The van der Waals surface area contributed by atoms with Crippen LogP contribution in [0.15, 0.2) is 54.9 Å². The van der Waals surface area contributed by atoms with Crippen molar-refractivity contribution in [2.24, 2.45) is 0 Å². The van der Waals surface area contributed by atoms with Crippen molar-refractivity contribution in [3.63, 3.8) is 0 Å². The Labute approximate surface area is 178 Å². The van der Waals surface area contributed by atoms with Crippen LogP contribution in [0, 0.1) is 0 Å². The molecular weight excluding hydrogens is 398 g/mol. The highest BCUT2D eigenvalue weighted by Crippen LogP contribution is 2.27. The molecule has 0 saturated carbocycles. The Morgan fingerprint density at radius 2 is 1.97 bits per heavy atom. The molecule has 0 bridgehead atoms. The van der Waals surface area contributed by atoms with E-state index in [1.165, 1.54) is 0 Å². The van der Waals surface area contributed by atoms with Gasteiger partial charge in [-0.25, -0.2) is 9.78 Å². The van der Waals surface area contributed by atoms with Crippen LogP contribution >= 0.6 is 0 Å². The molecule has 1 spiro atoms. The first-order valence-corrected chi connectivity index (χ1v) is 10.1. The Kier molecular flexibility index (Phi) is 4.58. The normalized spacial score (nSPS) is 17.6. The van der Waals surface area contributed by atoms with Crippen LogP contribution in [0.2, 0.25) is 0 Å². The third-order valence-corrected chi connectivity index (χ3v) is 5.80. The fourth-order valence-corrected chi connectivity index (χ4v) is 4.09. The van der Waals surface area contributed by atoms with Crippen molar-refractivity contribution in [2.45, 2.75) is 25.0 Å². The van der Waals surface area contributed by atoms with Gasteiger partial charge in [-0.3, -0.25) is 14.9 Å². The van der Waals surface area contributed by atoms with E-state index in [0.29, 0.717) is 43.9 Å². The highest BCUT2D eigenvalue weighted by atomic mass is 16.5. The lowest BCUT2D eigenvalue weighted by Gasteiger charge is -2.37. The second kappa shape index (κ2) is 7.42. The predicted molar refractivity (Wildman–Crippen MR) is 111 cm³/mol. The van der Waals surface area contributed by atoms with Gasteiger partial charge in [0.15, 0.2) is 0 Å². The van der Waals surface area contributed by atoms with Crippen molar-refractivity contribution >= 4 is 23.5 Å². The number of imidazole rings is 1. The fraction of sp³-hybridized carbons (Fsp3) is 0.273. The number of fused-ring (bicyclic) bond motifs is 1. The number of carbonyl (C=O) groups is 3. The molecule has 5 rings (SSSR count). The lowest BCUT2D eigenvalue weighted by atomic mass is 9.87. The van der Waals surface area contributed by atoms with Gasteiger partial charge < -0.3 is 19.4 Å². The molecule has 4 amide bonds. The summed E-state index contributed by atoms with van der Waals surface area (Å²) in [5.74, 6) is 0.142. The summed E-state index contributed by atoms with van der Waals surface area (Å²) in [6.07, 6.45) is 4.61. The topological polar surface area (TPSA) is 105 Å². The van der Waals surface area contributed by atoms with Crippen molar-refractivity contribution in [2.75, 3.05) is 13.1 Å². The number of piperidine rings is 1. The van der Waals surface area contributed by atoms with Gasteiger partial charge in [0.05, 0.1) is 5.69 Å². The van der Waals surface area contributed by atoms with E-state index in [1.54, 1.807) is 29.2 Å². The minimum Gasteiger partial charge on any atom is -0.487 e. The van der Waals surface area contributed by atoms with E-state index in [1.807, 2.05) is 35.0 Å². The van der Waals surface area contributed by atoms with Gasteiger partial charge in [-0.1, -0.05) is 12.1 Å². The number of rotatable bonds is 4. The second-order valence-electron chi connectivity index (χ2n) is 7.80. The molecule has 2 aliphatic rings. The summed E-state index contributed by atoms with van der Waals surface area (Å²) >= 11 is 0. The molecule has 2 aromatic heterocycles. The summed E-state index contributed by atoms with van der Waals surface area (Å²) in [4.78, 5) is 42.7. The molecule has 2 N–H and O–H groups in total. The predicted octanol–water partition coefficient (Wildman–Crippen LogP) is 1.73. The first kappa shape index (κ1) is 19.1. The summed E-state index contributed by atoms with van der Waals surface area (Å²) in [7, 11) is 0. The number of pyridine rings is 1. The van der Waals surface area contributed by atoms with E-state index in [4.69, 9.17) is 4.74 Å². The number of likely N-dealkylation sites (tertiary alicyclic amines) is 1. The van der Waals surface area contributed by atoms with Crippen LogP contribution in [-0.2, 0) is 11.4 Å². The first-order chi connectivity index (χ1) is 15.0. The van der Waals surface area contributed by atoms with Crippen molar-refractivity contribution in [3.8, 4) is 5.75 Å². The van der Waals surface area contributed by atoms with Crippen LogP contribution in [0.4, 0.5) is 4.79 Å². The largest absolute Gasteiger partial charge is 0.487 e. The summed E-state index contributed by atoms with van der Waals surface area (Å²) in [6, 6.07) is 12.4. The molecule has 1 aromatic carbocycles. The Morgan fingerprint density at radius 1 is 1.13 bits per heavy atom. The van der Waals surface area contributed by atoms with Crippen LogP contribution in [0.25, 0.3) is 5.65 Å². The van der Waals surface area contributed by atoms with E-state index in [0.717, 1.165) is 11.3 Å². The number of carbonyl (C=O) groups excluding carboxylic acids is 3. The smallest absolute Gasteiger partial charge is 0.322 e. The minimum absolute atomic E-state index is 0.127. The quantitative estimate of drug-likeness (QED) is 0.627. The van der Waals surface area contributed by atoms with Gasteiger partial charge in [-0.2, -0.15) is 0 Å². The molecule has 0 radical (unpaired) electrons. The summed E-state index contributed by atoms with van der Waals surface area (Å²) in [5, 5.41) is 4.98. The standard InChI is InChI=1S/C22H21N5O4/c28-19(26-10-7-22(8-11-26)20(29)24-21(30)25-22)15-4-3-5-17(12-15)31-14-16-13-27-9-2-1-6-18(27)23-16/h1-6,9,12-13H,7-8,10-11,14H2,(H2,24,25,29,30). The molecule has 0 atom stereocenters. The molecule has 9 heteroatoms. The van der Waals surface area contributed by atoms with Crippen molar-refractivity contribution in [1.29, 1.82) is 0 Å². The maximum absolute atomic E-state index is 13.0. The van der Waals surface area contributed by atoms with Crippen LogP contribution in [0.5, 0.6) is 5.75 Å². The Hall–Kier alpha value is -3.88. The van der Waals surface area contributed by atoms with Gasteiger partial charge in [0.25, 0.3) is 11.8 Å². The highest BCUT2D eigenvalue weighted by Gasteiger charge is 2.48. The van der Waals surface area contributed by atoms with Crippen molar-refractivity contribution in [3.05, 3.63) is 66.1 Å². The molecule has 2 saturated heterocycles. The summed E-state index contributed by atoms with van der Waals surface area (Å²) in [5.41, 5.74) is 1.26. The number of nitrogens with one attached hydrogen (secondary N) is 2. The zero-order valence-corrected chi connectivity index (χ0v) is 16.7. The molecule has 4 heterocycles. The third-order valence-electron chi connectivity index (χ3n) is 5.80. The van der Waals surface area contributed by atoms with E-state index < -0.39 is 11.6 Å². The van der Waals surface area contributed by atoms with E-state index in [2.05, 4.69) is 15.6 Å². The highest BCUT2D eigenvalue weighted by molar-refractivity contribution is 6.07. The average Bonchev–Trinajstić information content (AvgIpc) is 3.32. The maximum atomic E-state index is 13.0. The lowest BCUT2D eigenvalue weighted by molar-refractivity contribution is -0.125. The number of amides is 4. The van der Waals surface area contributed by atoms with E-state index in [9.17, 15) is 14.4 Å². The Bertz CT molecular complexity index is 1150. The Morgan fingerprint density at radius 3 is 2.71 bits per heavy atom. The van der Waals surface area contributed by atoms with Crippen LogP contribution in [-0.4, -0.2) is 50.8 Å². The first-order valence-electron chi connectivity index (χ1n) is 10.1. The van der Waals surface area contributed by atoms with Crippen LogP contribution in [0.1, 0.15) is 28.9 Å². The molecule has 2 fully saturated rings. The summed E-state index contributed by atoms with van der Waals surface area (Å²) in [6.45, 7) is 1.07. The number of urea groups is 1. The van der Waals surface area contributed by atoms with E-state index >= 15 is 0 Å². The number of hydrogen-bond acceptors (Lipinski definition) is 5. The van der Waals surface area contributed by atoms with Gasteiger partial charge >= 0.3 is 6.03 Å². The van der Waals surface area contributed by atoms with Crippen molar-refractivity contribution < 1.29 is 19.1 Å².